The molecule has 2 amide bonds. The van der Waals surface area contributed by atoms with Crippen molar-refractivity contribution in [2.24, 2.45) is 11.0 Å². The highest BCUT2D eigenvalue weighted by Gasteiger charge is 2.62. The molecule has 2 heterocycles. The summed E-state index contributed by atoms with van der Waals surface area (Å²) in [4.78, 5) is 30.8. The summed E-state index contributed by atoms with van der Waals surface area (Å²) in [7, 11) is 0. The van der Waals surface area contributed by atoms with Crippen LogP contribution in [0.1, 0.15) is 44.9 Å². The zero-order valence-corrected chi connectivity index (χ0v) is 24.4. The Hall–Kier alpha value is -4.11. The number of hydrogen-bond donors (Lipinski definition) is 4. The van der Waals surface area contributed by atoms with Crippen molar-refractivity contribution in [1.82, 2.24) is 25.4 Å². The summed E-state index contributed by atoms with van der Waals surface area (Å²) in [5, 5.41) is 15.2. The molecule has 1 aliphatic rings. The van der Waals surface area contributed by atoms with Crippen molar-refractivity contribution in [2.75, 3.05) is 11.9 Å². The second-order valence-corrected chi connectivity index (χ2v) is 10.8. The van der Waals surface area contributed by atoms with Gasteiger partial charge in [-0.1, -0.05) is 23.2 Å². The summed E-state index contributed by atoms with van der Waals surface area (Å²) in [5.74, 6) is -5.94. The highest BCUT2D eigenvalue weighted by molar-refractivity contribution is 6.32. The highest BCUT2D eigenvalue weighted by Crippen LogP contribution is 2.39. The molecule has 0 saturated heterocycles. The van der Waals surface area contributed by atoms with Gasteiger partial charge in [0, 0.05) is 17.8 Å². The van der Waals surface area contributed by atoms with Gasteiger partial charge in [-0.15, -0.1) is 0 Å². The van der Waals surface area contributed by atoms with Crippen LogP contribution in [-0.4, -0.2) is 51.3 Å². The maximum absolute atomic E-state index is 13.6. The first kappa shape index (κ1) is 32.8. The van der Waals surface area contributed by atoms with E-state index in [0.29, 0.717) is 24.1 Å². The lowest BCUT2D eigenvalue weighted by atomic mass is 10.1. The number of alkyl halides is 5. The molecule has 0 aliphatic heterocycles. The maximum atomic E-state index is 13.6. The first-order valence-corrected chi connectivity index (χ1v) is 13.8. The first-order valence-electron chi connectivity index (χ1n) is 13.0. The molecule has 1 aromatic carbocycles. The Kier molecular flexibility index (Phi) is 9.88. The van der Waals surface area contributed by atoms with E-state index in [2.05, 4.69) is 31.1 Å². The van der Waals surface area contributed by atoms with E-state index in [-0.39, 0.29) is 45.0 Å². The Bertz CT molecular complexity index is 1590. The van der Waals surface area contributed by atoms with Crippen LogP contribution in [0.3, 0.4) is 0 Å². The summed E-state index contributed by atoms with van der Waals surface area (Å²) in [6.07, 6.45) is -1.30. The lowest BCUT2D eigenvalue weighted by Gasteiger charge is -2.22. The molecular weight excluding hydrogens is 634 g/mol. The largest absolute Gasteiger partial charge is 0.456 e. The van der Waals surface area contributed by atoms with Crippen molar-refractivity contribution in [3.63, 3.8) is 0 Å². The van der Waals surface area contributed by atoms with Crippen molar-refractivity contribution in [2.45, 2.75) is 44.5 Å². The summed E-state index contributed by atoms with van der Waals surface area (Å²) >= 11 is 12.5. The number of nitrogens with one attached hydrogen (secondary N) is 4. The summed E-state index contributed by atoms with van der Waals surface area (Å²) < 4.78 is 66.3. The summed E-state index contributed by atoms with van der Waals surface area (Å²) in [6.45, 7) is 1.90. The van der Waals surface area contributed by atoms with Gasteiger partial charge in [0.15, 0.2) is 11.9 Å². The predicted octanol–water partition coefficient (Wildman–Crippen LogP) is 6.48. The van der Waals surface area contributed by atoms with Gasteiger partial charge in [-0.05, 0) is 73.9 Å². The standard InChI is InChI=1S/C27H25Cl2F5N8O2/c1-14-9-16(28)10-18(24(43)38-12-15-4-5-15)22(14)39-25(44)20-11-17(41-42(20)23-19(29)3-2-7-37-23)13-36-8-6-21(40-35)26(30,31)27(32,33)34/h2-3,6-11,15,21,35-36H,4-5,12-13H2,1H3,(H,38,43)(H,39,44)/b8-6+,40-35?. The quantitative estimate of drug-likeness (QED) is 0.130. The molecule has 2 aromatic heterocycles. The van der Waals surface area contributed by atoms with Crippen LogP contribution in [0, 0.1) is 18.4 Å². The minimum Gasteiger partial charge on any atom is -0.385 e. The third kappa shape index (κ3) is 7.50. The second-order valence-electron chi connectivity index (χ2n) is 9.93. The van der Waals surface area contributed by atoms with Gasteiger partial charge in [0.25, 0.3) is 11.8 Å². The Morgan fingerprint density at radius 3 is 2.55 bits per heavy atom. The topological polar surface area (TPSA) is 137 Å². The monoisotopic (exact) mass is 658 g/mol. The fourth-order valence-electron chi connectivity index (χ4n) is 4.03. The Labute approximate surface area is 257 Å². The van der Waals surface area contributed by atoms with Gasteiger partial charge in [0.1, 0.15) is 5.69 Å². The van der Waals surface area contributed by atoms with Gasteiger partial charge in [0.2, 0.25) is 0 Å². The third-order valence-electron chi connectivity index (χ3n) is 6.53. The number of amides is 2. The molecule has 0 bridgehead atoms. The van der Waals surface area contributed by atoms with Crippen LogP contribution in [0.4, 0.5) is 27.6 Å². The molecule has 1 fully saturated rings. The molecule has 10 nitrogen and oxygen atoms in total. The number of carbonyl (C=O) groups excluding carboxylic acids is 2. The van der Waals surface area contributed by atoms with Crippen molar-refractivity contribution in [1.29, 1.82) is 5.53 Å². The fraction of sp³-hybridized carbons (Fsp3) is 0.333. The second kappa shape index (κ2) is 13.3. The van der Waals surface area contributed by atoms with Crippen LogP contribution in [-0.2, 0) is 6.54 Å². The number of halogens is 7. The number of anilines is 1. The van der Waals surface area contributed by atoms with E-state index < -0.39 is 30.0 Å². The van der Waals surface area contributed by atoms with Gasteiger partial charge in [-0.2, -0.15) is 32.2 Å². The van der Waals surface area contributed by atoms with Crippen molar-refractivity contribution >= 4 is 40.7 Å². The predicted molar refractivity (Wildman–Crippen MR) is 151 cm³/mol. The van der Waals surface area contributed by atoms with Crippen LogP contribution in [0.5, 0.6) is 0 Å². The van der Waals surface area contributed by atoms with Gasteiger partial charge < -0.3 is 16.0 Å². The van der Waals surface area contributed by atoms with Crippen molar-refractivity contribution in [3.05, 3.63) is 81.4 Å². The number of aryl methyl sites for hydroxylation is 1. The molecule has 44 heavy (non-hydrogen) atoms. The van der Waals surface area contributed by atoms with Gasteiger partial charge in [0.05, 0.1) is 28.5 Å². The Morgan fingerprint density at radius 2 is 1.91 bits per heavy atom. The number of benzene rings is 1. The van der Waals surface area contributed by atoms with Crippen LogP contribution in [0.2, 0.25) is 10.0 Å². The Balaban J connectivity index is 1.60. The lowest BCUT2D eigenvalue weighted by molar-refractivity contribution is -0.285. The molecule has 1 atom stereocenters. The molecular formula is C27H25Cl2F5N8O2. The Morgan fingerprint density at radius 1 is 1.18 bits per heavy atom. The van der Waals surface area contributed by atoms with Crippen LogP contribution in [0.15, 0.2) is 53.9 Å². The highest BCUT2D eigenvalue weighted by atomic mass is 35.5. The van der Waals surface area contributed by atoms with E-state index in [9.17, 15) is 31.5 Å². The number of pyridine rings is 1. The van der Waals surface area contributed by atoms with E-state index in [1.807, 2.05) is 0 Å². The number of nitrogens with zero attached hydrogens (tertiary/aromatic N) is 4. The molecule has 3 aromatic rings. The molecule has 4 rings (SSSR count). The van der Waals surface area contributed by atoms with Crippen molar-refractivity contribution in [3.8, 4) is 5.82 Å². The molecule has 1 saturated carbocycles. The van der Waals surface area contributed by atoms with E-state index >= 15 is 0 Å². The summed E-state index contributed by atoms with van der Waals surface area (Å²) in [6, 6.07) is 4.58. The molecule has 4 N–H and O–H groups in total. The van der Waals surface area contributed by atoms with E-state index in [1.54, 1.807) is 19.1 Å². The minimum absolute atomic E-state index is 0.0641. The number of rotatable bonds is 12. The maximum Gasteiger partial charge on any atom is 0.456 e. The zero-order chi connectivity index (χ0) is 32.2. The SMILES string of the molecule is Cc1cc(Cl)cc(C(=O)NCC2CC2)c1NC(=O)c1cc(CN/C=C/C(N=N)C(F)(F)C(F)(F)F)nn1-c1ncccc1Cl. The average Bonchev–Trinajstić information content (AvgIpc) is 3.69. The van der Waals surface area contributed by atoms with E-state index in [4.69, 9.17) is 28.7 Å². The number of aromatic nitrogens is 3. The van der Waals surface area contributed by atoms with Crippen molar-refractivity contribution < 1.29 is 31.5 Å². The van der Waals surface area contributed by atoms with E-state index in [1.165, 1.54) is 24.4 Å². The molecule has 1 aliphatic carbocycles. The summed E-state index contributed by atoms with van der Waals surface area (Å²) in [5.41, 5.74) is 7.64. The number of carbonyl (C=O) groups is 2. The lowest BCUT2D eigenvalue weighted by Crippen LogP contribution is -2.45. The molecule has 234 valence electrons. The van der Waals surface area contributed by atoms with Crippen LogP contribution < -0.4 is 16.0 Å². The first-order chi connectivity index (χ1) is 20.7. The fourth-order valence-corrected chi connectivity index (χ4v) is 4.50. The molecule has 17 heteroatoms. The molecule has 0 spiro atoms. The van der Waals surface area contributed by atoms with Crippen LogP contribution in [0.25, 0.3) is 5.82 Å². The average molecular weight is 659 g/mol. The minimum atomic E-state index is -5.91. The van der Waals surface area contributed by atoms with Crippen LogP contribution >= 0.6 is 23.2 Å². The number of hydrogen-bond acceptors (Lipinski definition) is 7. The third-order valence-corrected chi connectivity index (χ3v) is 7.05. The molecule has 0 radical (unpaired) electrons. The zero-order valence-electron chi connectivity index (χ0n) is 22.9. The normalized spacial score (nSPS) is 14.4. The van der Waals surface area contributed by atoms with Gasteiger partial charge >= 0.3 is 12.1 Å². The van der Waals surface area contributed by atoms with E-state index in [0.717, 1.165) is 23.7 Å². The van der Waals surface area contributed by atoms with Gasteiger partial charge in [-0.3, -0.25) is 9.59 Å². The smallest absolute Gasteiger partial charge is 0.385 e. The molecule has 1 unspecified atom stereocenters. The van der Waals surface area contributed by atoms with Gasteiger partial charge in [-0.25, -0.2) is 15.2 Å².